The lowest BCUT2D eigenvalue weighted by Gasteiger charge is -2.07. The predicted octanol–water partition coefficient (Wildman–Crippen LogP) is 5.16. The molecule has 1 aromatic heterocycles. The number of ether oxygens (including phenoxy) is 1. The van der Waals surface area contributed by atoms with E-state index in [0.717, 1.165) is 23.3 Å². The van der Waals surface area contributed by atoms with Gasteiger partial charge in [-0.3, -0.25) is 20.2 Å². The van der Waals surface area contributed by atoms with Crippen molar-refractivity contribution < 1.29 is 14.5 Å². The van der Waals surface area contributed by atoms with Crippen molar-refractivity contribution >= 4 is 34.1 Å². The van der Waals surface area contributed by atoms with E-state index in [-0.39, 0.29) is 11.6 Å². The SMILES string of the molecule is CCCOc1ccccc1C=CC(=O)Nc1nc(-c2ccc([N+](=O)[O-])cc2)cs1. The predicted molar refractivity (Wildman–Crippen MR) is 114 cm³/mol. The summed E-state index contributed by atoms with van der Waals surface area (Å²) >= 11 is 1.28. The van der Waals surface area contributed by atoms with Crippen LogP contribution in [0.1, 0.15) is 18.9 Å². The number of non-ortho nitro benzene ring substituents is 1. The van der Waals surface area contributed by atoms with Crippen molar-refractivity contribution in [2.45, 2.75) is 13.3 Å². The van der Waals surface area contributed by atoms with E-state index in [9.17, 15) is 14.9 Å². The minimum atomic E-state index is -0.450. The van der Waals surface area contributed by atoms with Crippen LogP contribution in [-0.4, -0.2) is 22.4 Å². The van der Waals surface area contributed by atoms with Gasteiger partial charge < -0.3 is 4.74 Å². The van der Waals surface area contributed by atoms with Gasteiger partial charge in [0.2, 0.25) is 5.91 Å². The van der Waals surface area contributed by atoms with Crippen LogP contribution in [-0.2, 0) is 4.79 Å². The third kappa shape index (κ3) is 5.49. The van der Waals surface area contributed by atoms with Gasteiger partial charge in [-0.05, 0) is 30.7 Å². The van der Waals surface area contributed by atoms with E-state index >= 15 is 0 Å². The first kappa shape index (κ1) is 20.2. The van der Waals surface area contributed by atoms with Crippen LogP contribution in [0.4, 0.5) is 10.8 Å². The zero-order valence-electron chi connectivity index (χ0n) is 15.7. The number of thiazole rings is 1. The molecule has 3 aromatic rings. The number of nitro benzene ring substituents is 1. The Morgan fingerprint density at radius 3 is 2.72 bits per heavy atom. The van der Waals surface area contributed by atoms with Crippen molar-refractivity contribution in [2.75, 3.05) is 11.9 Å². The quantitative estimate of drug-likeness (QED) is 0.315. The van der Waals surface area contributed by atoms with Gasteiger partial charge in [0.15, 0.2) is 5.13 Å². The number of hydrogen-bond acceptors (Lipinski definition) is 6. The van der Waals surface area contributed by atoms with Gasteiger partial charge in [-0.1, -0.05) is 25.1 Å². The molecule has 2 aromatic carbocycles. The Labute approximate surface area is 171 Å². The molecule has 1 N–H and O–H groups in total. The van der Waals surface area contributed by atoms with Gasteiger partial charge in [0.1, 0.15) is 5.75 Å². The smallest absolute Gasteiger partial charge is 0.269 e. The van der Waals surface area contributed by atoms with Crippen LogP contribution in [0, 0.1) is 10.1 Å². The zero-order valence-corrected chi connectivity index (χ0v) is 16.5. The second-order valence-corrected chi connectivity index (χ2v) is 6.91. The van der Waals surface area contributed by atoms with E-state index in [1.165, 1.54) is 29.5 Å². The summed E-state index contributed by atoms with van der Waals surface area (Å²) in [5.74, 6) is 0.424. The molecule has 0 saturated carbocycles. The summed E-state index contributed by atoms with van der Waals surface area (Å²) < 4.78 is 5.68. The largest absolute Gasteiger partial charge is 0.493 e. The molecule has 8 heteroatoms. The van der Waals surface area contributed by atoms with Gasteiger partial charge >= 0.3 is 0 Å². The number of benzene rings is 2. The number of hydrogen-bond donors (Lipinski definition) is 1. The lowest BCUT2D eigenvalue weighted by atomic mass is 10.1. The number of anilines is 1. The Kier molecular flexibility index (Phi) is 6.70. The number of nitrogens with zero attached hydrogens (tertiary/aromatic N) is 2. The molecule has 29 heavy (non-hydrogen) atoms. The number of amides is 1. The van der Waals surface area contributed by atoms with E-state index in [0.29, 0.717) is 17.4 Å². The maximum Gasteiger partial charge on any atom is 0.269 e. The summed E-state index contributed by atoms with van der Waals surface area (Å²) in [5.41, 5.74) is 2.22. The minimum Gasteiger partial charge on any atom is -0.493 e. The highest BCUT2D eigenvalue weighted by molar-refractivity contribution is 7.14. The first-order chi connectivity index (χ1) is 14.1. The second kappa shape index (κ2) is 9.61. The number of aromatic nitrogens is 1. The molecule has 0 radical (unpaired) electrons. The molecule has 3 rings (SSSR count). The van der Waals surface area contributed by atoms with Crippen molar-refractivity contribution in [3.8, 4) is 17.0 Å². The number of para-hydroxylation sites is 1. The molecule has 0 unspecified atom stereocenters. The van der Waals surface area contributed by atoms with Crippen molar-refractivity contribution in [3.05, 3.63) is 75.7 Å². The Hall–Kier alpha value is -3.52. The van der Waals surface area contributed by atoms with E-state index in [4.69, 9.17) is 4.74 Å². The molecular weight excluding hydrogens is 390 g/mol. The molecule has 0 saturated heterocycles. The standard InChI is InChI=1S/C21H19N3O4S/c1-2-13-28-19-6-4-3-5-16(19)9-12-20(25)23-21-22-18(14-29-21)15-7-10-17(11-8-15)24(26)27/h3-12,14H,2,13H2,1H3,(H,22,23,25). The molecule has 0 aliphatic heterocycles. The molecule has 148 valence electrons. The average molecular weight is 409 g/mol. The third-order valence-electron chi connectivity index (χ3n) is 3.90. The highest BCUT2D eigenvalue weighted by atomic mass is 32.1. The zero-order chi connectivity index (χ0) is 20.6. The highest BCUT2D eigenvalue weighted by Gasteiger charge is 2.09. The van der Waals surface area contributed by atoms with Crippen molar-refractivity contribution in [2.24, 2.45) is 0 Å². The Balaban J connectivity index is 1.65. The summed E-state index contributed by atoms with van der Waals surface area (Å²) in [6, 6.07) is 13.6. The molecule has 0 atom stereocenters. The molecule has 0 bridgehead atoms. The number of nitrogens with one attached hydrogen (secondary N) is 1. The molecule has 1 heterocycles. The lowest BCUT2D eigenvalue weighted by Crippen LogP contribution is -2.07. The number of carbonyl (C=O) groups is 1. The second-order valence-electron chi connectivity index (χ2n) is 6.05. The normalized spacial score (nSPS) is 10.8. The van der Waals surface area contributed by atoms with Gasteiger partial charge in [0.25, 0.3) is 5.69 Å². The van der Waals surface area contributed by atoms with Crippen LogP contribution in [0.3, 0.4) is 0 Å². The number of nitro groups is 1. The van der Waals surface area contributed by atoms with E-state index in [1.807, 2.05) is 31.2 Å². The van der Waals surface area contributed by atoms with Crippen LogP contribution in [0.2, 0.25) is 0 Å². The molecular formula is C21H19N3O4S. The Bertz CT molecular complexity index is 1030. The number of rotatable bonds is 8. The molecule has 0 fully saturated rings. The molecule has 0 aliphatic rings. The van der Waals surface area contributed by atoms with Gasteiger partial charge in [-0.25, -0.2) is 4.98 Å². The fourth-order valence-corrected chi connectivity index (χ4v) is 3.21. The first-order valence-electron chi connectivity index (χ1n) is 8.98. The number of carbonyl (C=O) groups excluding carboxylic acids is 1. The van der Waals surface area contributed by atoms with Crippen LogP contribution < -0.4 is 10.1 Å². The Morgan fingerprint density at radius 2 is 2.00 bits per heavy atom. The fraction of sp³-hybridized carbons (Fsp3) is 0.143. The highest BCUT2D eigenvalue weighted by Crippen LogP contribution is 2.26. The van der Waals surface area contributed by atoms with Crippen molar-refractivity contribution in [1.29, 1.82) is 0 Å². The van der Waals surface area contributed by atoms with Crippen LogP contribution in [0.15, 0.2) is 60.0 Å². The van der Waals surface area contributed by atoms with Crippen LogP contribution in [0.25, 0.3) is 17.3 Å². The van der Waals surface area contributed by atoms with Gasteiger partial charge in [-0.2, -0.15) is 0 Å². The van der Waals surface area contributed by atoms with Gasteiger partial charge in [-0.15, -0.1) is 11.3 Å². The molecule has 7 nitrogen and oxygen atoms in total. The summed E-state index contributed by atoms with van der Waals surface area (Å²) in [5, 5.41) is 15.7. The maximum atomic E-state index is 12.2. The van der Waals surface area contributed by atoms with E-state index < -0.39 is 4.92 Å². The first-order valence-corrected chi connectivity index (χ1v) is 9.86. The van der Waals surface area contributed by atoms with Gasteiger partial charge in [0.05, 0.1) is 17.2 Å². The lowest BCUT2D eigenvalue weighted by molar-refractivity contribution is -0.384. The molecule has 1 amide bonds. The Morgan fingerprint density at radius 1 is 1.24 bits per heavy atom. The summed E-state index contributed by atoms with van der Waals surface area (Å²) in [4.78, 5) is 26.9. The summed E-state index contributed by atoms with van der Waals surface area (Å²) in [6.07, 6.45) is 4.03. The topological polar surface area (TPSA) is 94.4 Å². The molecule has 0 aliphatic carbocycles. The van der Waals surface area contributed by atoms with Gasteiger partial charge in [0, 0.05) is 34.7 Å². The van der Waals surface area contributed by atoms with E-state index in [2.05, 4.69) is 10.3 Å². The van der Waals surface area contributed by atoms with Crippen LogP contribution in [0.5, 0.6) is 5.75 Å². The van der Waals surface area contributed by atoms with Crippen LogP contribution >= 0.6 is 11.3 Å². The van der Waals surface area contributed by atoms with Crippen molar-refractivity contribution in [1.82, 2.24) is 4.98 Å². The summed E-state index contributed by atoms with van der Waals surface area (Å²) in [6.45, 7) is 2.65. The molecule has 0 spiro atoms. The van der Waals surface area contributed by atoms with Crippen molar-refractivity contribution in [3.63, 3.8) is 0 Å². The average Bonchev–Trinajstić information content (AvgIpc) is 3.19. The monoisotopic (exact) mass is 409 g/mol. The third-order valence-corrected chi connectivity index (χ3v) is 4.66. The van der Waals surface area contributed by atoms with E-state index in [1.54, 1.807) is 23.6 Å². The maximum absolute atomic E-state index is 12.2. The summed E-state index contributed by atoms with van der Waals surface area (Å²) in [7, 11) is 0. The minimum absolute atomic E-state index is 0.0193. The fourth-order valence-electron chi connectivity index (χ4n) is 2.49.